The molecular weight excluding hydrogens is 397 g/mol. The molecule has 2 amide bonds. The number of ether oxygens (including phenoxy) is 1. The van der Waals surface area contributed by atoms with E-state index in [1.165, 1.54) is 12.1 Å². The lowest BCUT2D eigenvalue weighted by molar-refractivity contribution is -0.137. The van der Waals surface area contributed by atoms with Gasteiger partial charge in [0.1, 0.15) is 17.6 Å². The van der Waals surface area contributed by atoms with Crippen LogP contribution in [0.5, 0.6) is 5.75 Å². The first kappa shape index (κ1) is 21.2. The van der Waals surface area contributed by atoms with Crippen molar-refractivity contribution in [2.45, 2.75) is 18.8 Å². The molecule has 9 heteroatoms. The predicted octanol–water partition coefficient (Wildman–Crippen LogP) is 4.04. The summed E-state index contributed by atoms with van der Waals surface area (Å²) in [6.07, 6.45) is -1.07. The molecule has 3 rings (SSSR count). The van der Waals surface area contributed by atoms with Crippen LogP contribution in [-0.4, -0.2) is 22.7 Å². The van der Waals surface area contributed by atoms with Crippen LogP contribution in [0.2, 0.25) is 0 Å². The van der Waals surface area contributed by atoms with E-state index in [1.807, 2.05) is 6.07 Å². The molecule has 30 heavy (non-hydrogen) atoms. The van der Waals surface area contributed by atoms with E-state index in [9.17, 15) is 18.0 Å². The Morgan fingerprint density at radius 1 is 1.20 bits per heavy atom. The minimum atomic E-state index is -4.44. The zero-order valence-electron chi connectivity index (χ0n) is 16.4. The van der Waals surface area contributed by atoms with Gasteiger partial charge in [0.05, 0.1) is 12.7 Å². The van der Waals surface area contributed by atoms with Crippen LogP contribution in [0.3, 0.4) is 0 Å². The van der Waals surface area contributed by atoms with Crippen molar-refractivity contribution in [2.24, 2.45) is 7.05 Å². The van der Waals surface area contributed by atoms with Crippen molar-refractivity contribution in [1.29, 1.82) is 0 Å². The Morgan fingerprint density at radius 2 is 1.97 bits per heavy atom. The number of alkyl halides is 3. The maximum Gasteiger partial charge on any atom is 0.416 e. The molecule has 0 aliphatic heterocycles. The zero-order chi connectivity index (χ0) is 21.7. The summed E-state index contributed by atoms with van der Waals surface area (Å²) < 4.78 is 45.6. The van der Waals surface area contributed by atoms with Crippen LogP contribution in [-0.2, 0) is 19.8 Å². The van der Waals surface area contributed by atoms with Gasteiger partial charge in [0.2, 0.25) is 0 Å². The molecule has 2 aromatic carbocycles. The summed E-state index contributed by atoms with van der Waals surface area (Å²) in [6, 6.07) is 10.9. The molecule has 158 valence electrons. The first-order chi connectivity index (χ1) is 14.3. The van der Waals surface area contributed by atoms with Crippen LogP contribution in [0.15, 0.2) is 60.9 Å². The number of hydrogen-bond donors (Lipinski definition) is 2. The van der Waals surface area contributed by atoms with Crippen molar-refractivity contribution < 1.29 is 22.7 Å². The monoisotopic (exact) mass is 418 g/mol. The van der Waals surface area contributed by atoms with Gasteiger partial charge in [0, 0.05) is 26.0 Å². The maximum absolute atomic E-state index is 12.9. The van der Waals surface area contributed by atoms with Gasteiger partial charge in [-0.25, -0.2) is 9.78 Å². The van der Waals surface area contributed by atoms with Gasteiger partial charge in [-0.2, -0.15) is 13.2 Å². The van der Waals surface area contributed by atoms with Gasteiger partial charge >= 0.3 is 12.2 Å². The van der Waals surface area contributed by atoms with Crippen molar-refractivity contribution in [3.63, 3.8) is 0 Å². The fourth-order valence-corrected chi connectivity index (χ4v) is 3.00. The quantitative estimate of drug-likeness (QED) is 0.635. The number of hydrogen-bond acceptors (Lipinski definition) is 3. The lowest BCUT2D eigenvalue weighted by atomic mass is 10.1. The van der Waals surface area contributed by atoms with Crippen LogP contribution in [0.25, 0.3) is 0 Å². The Hall–Kier alpha value is -3.49. The smallest absolute Gasteiger partial charge is 0.416 e. The van der Waals surface area contributed by atoms with Crippen molar-refractivity contribution in [3.8, 4) is 5.75 Å². The third kappa shape index (κ3) is 5.11. The number of nitrogens with zero attached hydrogens (tertiary/aromatic N) is 2. The number of imidazole rings is 1. The number of urea groups is 1. The summed E-state index contributed by atoms with van der Waals surface area (Å²) in [6.45, 7) is -0.0544. The van der Waals surface area contributed by atoms with E-state index >= 15 is 0 Å². The first-order valence-electron chi connectivity index (χ1n) is 9.09. The molecule has 0 fully saturated rings. The third-order valence-corrected chi connectivity index (χ3v) is 4.53. The van der Waals surface area contributed by atoms with Gasteiger partial charge < -0.3 is 19.9 Å². The number of halogens is 3. The molecule has 1 aromatic heterocycles. The standard InChI is InChI=1S/C21H21F3N4O2/c1-28-10-9-25-19(28)18(15-6-4-8-17(12-15)30-2)27-20(29)26-13-14-5-3-7-16(11-14)21(22,23)24/h3-12,18H,13H2,1-2H3,(H2,26,27,29)/t18-/m1/s1. The lowest BCUT2D eigenvalue weighted by Gasteiger charge is -2.20. The summed E-state index contributed by atoms with van der Waals surface area (Å²) in [7, 11) is 3.35. The average Bonchev–Trinajstić information content (AvgIpc) is 3.15. The van der Waals surface area contributed by atoms with Crippen LogP contribution in [0.1, 0.15) is 28.6 Å². The largest absolute Gasteiger partial charge is 0.497 e. The molecular formula is C21H21F3N4O2. The molecule has 0 aliphatic rings. The van der Waals surface area contributed by atoms with Gasteiger partial charge in [-0.15, -0.1) is 0 Å². The highest BCUT2D eigenvalue weighted by Gasteiger charge is 2.30. The van der Waals surface area contributed by atoms with Gasteiger partial charge in [-0.05, 0) is 35.4 Å². The Morgan fingerprint density at radius 3 is 2.63 bits per heavy atom. The van der Waals surface area contributed by atoms with Crippen molar-refractivity contribution >= 4 is 6.03 Å². The second-order valence-electron chi connectivity index (χ2n) is 6.63. The summed E-state index contributed by atoms with van der Waals surface area (Å²) in [4.78, 5) is 16.8. The molecule has 0 aliphatic carbocycles. The molecule has 2 N–H and O–H groups in total. The topological polar surface area (TPSA) is 68.2 Å². The van der Waals surface area contributed by atoms with Crippen LogP contribution >= 0.6 is 0 Å². The van der Waals surface area contributed by atoms with Gasteiger partial charge in [-0.3, -0.25) is 0 Å². The number of methoxy groups -OCH3 is 1. The molecule has 0 saturated carbocycles. The van der Waals surface area contributed by atoms with E-state index in [2.05, 4.69) is 15.6 Å². The second-order valence-corrected chi connectivity index (χ2v) is 6.63. The average molecular weight is 418 g/mol. The maximum atomic E-state index is 12.9. The molecule has 0 unspecified atom stereocenters. The number of amides is 2. The Balaban J connectivity index is 1.75. The minimum Gasteiger partial charge on any atom is -0.497 e. The zero-order valence-corrected chi connectivity index (χ0v) is 16.4. The molecule has 0 bridgehead atoms. The molecule has 0 spiro atoms. The van der Waals surface area contributed by atoms with Gasteiger partial charge in [-0.1, -0.05) is 24.3 Å². The van der Waals surface area contributed by atoms with Crippen LogP contribution in [0.4, 0.5) is 18.0 Å². The molecule has 1 heterocycles. The second kappa shape index (κ2) is 8.89. The van der Waals surface area contributed by atoms with Gasteiger partial charge in [0.25, 0.3) is 0 Å². The number of aromatic nitrogens is 2. The van der Waals surface area contributed by atoms with E-state index in [1.54, 1.807) is 49.3 Å². The van der Waals surface area contributed by atoms with Crippen molar-refractivity contribution in [1.82, 2.24) is 20.2 Å². The normalized spacial score (nSPS) is 12.3. The predicted molar refractivity (Wildman–Crippen MR) is 105 cm³/mol. The van der Waals surface area contributed by atoms with E-state index in [-0.39, 0.29) is 6.54 Å². The van der Waals surface area contributed by atoms with E-state index in [0.29, 0.717) is 17.1 Å². The highest BCUT2D eigenvalue weighted by Crippen LogP contribution is 2.29. The van der Waals surface area contributed by atoms with Gasteiger partial charge in [0.15, 0.2) is 0 Å². The van der Waals surface area contributed by atoms with E-state index in [4.69, 9.17) is 4.74 Å². The Labute approximate surface area is 171 Å². The highest BCUT2D eigenvalue weighted by atomic mass is 19.4. The minimum absolute atomic E-state index is 0.0544. The number of rotatable bonds is 6. The molecule has 1 atom stereocenters. The Bertz CT molecular complexity index is 1020. The molecule has 0 saturated heterocycles. The Kier molecular flexibility index (Phi) is 6.29. The van der Waals surface area contributed by atoms with Crippen molar-refractivity contribution in [2.75, 3.05) is 7.11 Å². The fourth-order valence-electron chi connectivity index (χ4n) is 3.00. The van der Waals surface area contributed by atoms with Crippen molar-refractivity contribution in [3.05, 3.63) is 83.4 Å². The highest BCUT2D eigenvalue weighted by molar-refractivity contribution is 5.75. The first-order valence-corrected chi connectivity index (χ1v) is 9.09. The SMILES string of the molecule is COc1cccc([C@@H](NC(=O)NCc2cccc(C(F)(F)F)c2)c2nccn2C)c1. The molecule has 6 nitrogen and oxygen atoms in total. The number of aryl methyl sites for hydroxylation is 1. The summed E-state index contributed by atoms with van der Waals surface area (Å²) >= 11 is 0. The number of carbonyl (C=O) groups is 1. The number of nitrogens with one attached hydrogen (secondary N) is 2. The molecule has 0 radical (unpaired) electrons. The lowest BCUT2D eigenvalue weighted by Crippen LogP contribution is -2.39. The summed E-state index contributed by atoms with van der Waals surface area (Å²) in [5, 5.41) is 5.43. The van der Waals surface area contributed by atoms with E-state index in [0.717, 1.165) is 17.7 Å². The van der Waals surface area contributed by atoms with E-state index < -0.39 is 23.8 Å². The fraction of sp³-hybridized carbons (Fsp3) is 0.238. The number of carbonyl (C=O) groups excluding carboxylic acids is 1. The summed E-state index contributed by atoms with van der Waals surface area (Å²) in [5.41, 5.74) is 0.331. The van der Waals surface area contributed by atoms with Crippen LogP contribution in [0, 0.1) is 0 Å². The number of benzene rings is 2. The molecule has 3 aromatic rings. The third-order valence-electron chi connectivity index (χ3n) is 4.53. The van der Waals surface area contributed by atoms with Crippen LogP contribution < -0.4 is 15.4 Å². The summed E-state index contributed by atoms with van der Waals surface area (Å²) in [5.74, 6) is 1.22.